The molecule has 2 aromatic rings. The SMILES string of the molecule is CCOC(=O)C1=Cc2cccc(NCc3cccs3)c2[N+]2(C#N)C=CN=C12. The fourth-order valence-electron chi connectivity index (χ4n) is 3.33. The number of hydrogen-bond acceptors (Lipinski definition) is 6. The summed E-state index contributed by atoms with van der Waals surface area (Å²) >= 11 is 1.67. The van der Waals surface area contributed by atoms with Gasteiger partial charge in [-0.1, -0.05) is 12.1 Å². The highest BCUT2D eigenvalue weighted by molar-refractivity contribution is 7.09. The summed E-state index contributed by atoms with van der Waals surface area (Å²) in [5.74, 6) is -0.103. The number of quaternary nitrogens is 1. The van der Waals surface area contributed by atoms with Crippen molar-refractivity contribution in [3.05, 3.63) is 64.1 Å². The standard InChI is InChI=1S/C20H17N4O2S/c1-2-26-20(25)16-11-14-5-3-7-17(23-12-15-6-4-10-27-15)18(14)24(13-21)9-8-22-19(16)24/h3-11,23H,2,12H2,1H3/q+1. The fraction of sp³-hybridized carbons (Fsp3) is 0.150. The zero-order valence-electron chi connectivity index (χ0n) is 14.7. The monoisotopic (exact) mass is 377 g/mol. The molecule has 3 heterocycles. The normalized spacial score (nSPS) is 19.4. The first-order chi connectivity index (χ1) is 13.2. The molecule has 0 amide bonds. The lowest BCUT2D eigenvalue weighted by molar-refractivity contribution is -0.137. The molecule has 2 aliphatic heterocycles. The number of benzene rings is 1. The number of thiophene rings is 1. The van der Waals surface area contributed by atoms with E-state index in [0.717, 1.165) is 16.9 Å². The highest BCUT2D eigenvalue weighted by atomic mass is 32.1. The number of carbonyl (C=O) groups excluding carboxylic acids is 1. The number of carbonyl (C=O) groups is 1. The summed E-state index contributed by atoms with van der Waals surface area (Å²) in [6.07, 6.45) is 7.34. The van der Waals surface area contributed by atoms with E-state index in [9.17, 15) is 10.1 Å². The number of nitrogens with zero attached hydrogens (tertiary/aromatic N) is 3. The molecule has 27 heavy (non-hydrogen) atoms. The highest BCUT2D eigenvalue weighted by Gasteiger charge is 2.49. The minimum absolute atomic E-state index is 0.263. The van der Waals surface area contributed by atoms with Gasteiger partial charge in [0.25, 0.3) is 5.84 Å². The summed E-state index contributed by atoms with van der Waals surface area (Å²) in [6.45, 7) is 2.67. The molecule has 0 spiro atoms. The molecule has 0 bridgehead atoms. The van der Waals surface area contributed by atoms with Gasteiger partial charge >= 0.3 is 12.2 Å². The van der Waals surface area contributed by atoms with Gasteiger partial charge in [-0.15, -0.1) is 21.1 Å². The van der Waals surface area contributed by atoms with Gasteiger partial charge in [-0.05, 0) is 36.6 Å². The smallest absolute Gasteiger partial charge is 0.346 e. The number of esters is 1. The number of ether oxygens (including phenoxy) is 1. The summed E-state index contributed by atoms with van der Waals surface area (Å²) in [5.41, 5.74) is 2.70. The Morgan fingerprint density at radius 1 is 1.37 bits per heavy atom. The maximum absolute atomic E-state index is 12.4. The summed E-state index contributed by atoms with van der Waals surface area (Å²) in [5, 5.41) is 15.5. The number of nitrogens with one attached hydrogen (secondary N) is 1. The Morgan fingerprint density at radius 3 is 3.00 bits per heavy atom. The van der Waals surface area contributed by atoms with Crippen LogP contribution in [0.5, 0.6) is 0 Å². The van der Waals surface area contributed by atoms with Crippen LogP contribution in [0.4, 0.5) is 11.4 Å². The summed E-state index contributed by atoms with van der Waals surface area (Å²) < 4.78 is 4.90. The molecule has 0 fully saturated rings. The molecule has 1 unspecified atom stereocenters. The fourth-order valence-corrected chi connectivity index (χ4v) is 3.97. The maximum atomic E-state index is 12.4. The molecular formula is C20H17N4O2S+. The molecular weight excluding hydrogens is 360 g/mol. The Morgan fingerprint density at radius 2 is 2.26 bits per heavy atom. The van der Waals surface area contributed by atoms with Crippen molar-refractivity contribution in [2.75, 3.05) is 11.9 Å². The Kier molecular flexibility index (Phi) is 4.36. The van der Waals surface area contributed by atoms with Crippen LogP contribution in [-0.2, 0) is 16.1 Å². The third-order valence-corrected chi connectivity index (χ3v) is 5.34. The number of anilines is 1. The molecule has 6 nitrogen and oxygen atoms in total. The van der Waals surface area contributed by atoms with E-state index < -0.39 is 5.97 Å². The van der Waals surface area contributed by atoms with Gasteiger partial charge in [0.05, 0.1) is 18.5 Å². The lowest BCUT2D eigenvalue weighted by atomic mass is 9.98. The number of nitriles is 1. The van der Waals surface area contributed by atoms with Crippen LogP contribution in [0.1, 0.15) is 17.4 Å². The van der Waals surface area contributed by atoms with Crippen LogP contribution in [0, 0.1) is 11.5 Å². The van der Waals surface area contributed by atoms with Crippen LogP contribution in [0.3, 0.4) is 0 Å². The number of rotatable bonds is 5. The predicted octanol–water partition coefficient (Wildman–Crippen LogP) is 3.99. The number of amidine groups is 1. The first kappa shape index (κ1) is 17.2. The van der Waals surface area contributed by atoms with E-state index in [1.807, 2.05) is 29.6 Å². The van der Waals surface area contributed by atoms with E-state index >= 15 is 0 Å². The zero-order valence-corrected chi connectivity index (χ0v) is 15.5. The molecule has 7 heteroatoms. The second kappa shape index (κ2) is 6.83. The van der Waals surface area contributed by atoms with Gasteiger partial charge in [0, 0.05) is 17.0 Å². The second-order valence-electron chi connectivity index (χ2n) is 6.03. The molecule has 0 aliphatic carbocycles. The Bertz CT molecular complexity index is 1030. The molecule has 1 aromatic carbocycles. The van der Waals surface area contributed by atoms with Crippen LogP contribution in [0.2, 0.25) is 0 Å². The van der Waals surface area contributed by atoms with Crippen LogP contribution in [0.15, 0.2) is 58.7 Å². The van der Waals surface area contributed by atoms with Crippen molar-refractivity contribution >= 4 is 40.6 Å². The molecule has 2 aliphatic rings. The predicted molar refractivity (Wildman–Crippen MR) is 107 cm³/mol. The maximum Gasteiger partial charge on any atom is 0.346 e. The number of hydrogen-bond donors (Lipinski definition) is 1. The lowest BCUT2D eigenvalue weighted by Crippen LogP contribution is -2.47. The Labute approximate surface area is 160 Å². The summed E-state index contributed by atoms with van der Waals surface area (Å²) in [4.78, 5) is 18.0. The number of aliphatic imine (C=N–C) groups is 1. The van der Waals surface area contributed by atoms with E-state index in [2.05, 4.69) is 22.6 Å². The van der Waals surface area contributed by atoms with E-state index in [0.29, 0.717) is 18.0 Å². The van der Waals surface area contributed by atoms with Crippen molar-refractivity contribution in [2.24, 2.45) is 4.99 Å². The van der Waals surface area contributed by atoms with Gasteiger partial charge in [0.15, 0.2) is 5.69 Å². The van der Waals surface area contributed by atoms with Crippen LogP contribution in [0.25, 0.3) is 6.08 Å². The molecule has 134 valence electrons. The van der Waals surface area contributed by atoms with Crippen LogP contribution >= 0.6 is 11.3 Å². The third-order valence-electron chi connectivity index (χ3n) is 4.47. The molecule has 0 saturated carbocycles. The van der Waals surface area contributed by atoms with Gasteiger partial charge < -0.3 is 10.1 Å². The molecule has 1 aromatic heterocycles. The molecule has 0 radical (unpaired) electrons. The van der Waals surface area contributed by atoms with Crippen molar-refractivity contribution in [3.8, 4) is 6.19 Å². The number of fused-ring (bicyclic) bond motifs is 3. The van der Waals surface area contributed by atoms with Gasteiger partial charge in [-0.3, -0.25) is 0 Å². The largest absolute Gasteiger partial charge is 0.462 e. The van der Waals surface area contributed by atoms with Crippen LogP contribution < -0.4 is 9.80 Å². The van der Waals surface area contributed by atoms with Gasteiger partial charge in [0.1, 0.15) is 11.8 Å². The quantitative estimate of drug-likeness (QED) is 0.486. The van der Waals surface area contributed by atoms with E-state index in [1.54, 1.807) is 36.7 Å². The van der Waals surface area contributed by atoms with Gasteiger partial charge in [0.2, 0.25) is 0 Å². The lowest BCUT2D eigenvalue weighted by Gasteiger charge is -2.29. The Hall–Kier alpha value is -3.21. The number of para-hydroxylation sites is 1. The summed E-state index contributed by atoms with van der Waals surface area (Å²) in [7, 11) is 0. The van der Waals surface area contributed by atoms with Gasteiger partial charge in [-0.25, -0.2) is 4.79 Å². The zero-order chi connectivity index (χ0) is 18.9. The molecule has 4 rings (SSSR count). The Balaban J connectivity index is 1.83. The van der Waals surface area contributed by atoms with Gasteiger partial charge in [-0.2, -0.15) is 4.99 Å². The minimum atomic E-state index is -0.472. The molecule has 0 saturated heterocycles. The molecule has 1 N–H and O–H groups in total. The van der Waals surface area contributed by atoms with Crippen molar-refractivity contribution in [3.63, 3.8) is 0 Å². The van der Waals surface area contributed by atoms with Crippen LogP contribution in [-0.4, -0.2) is 18.4 Å². The van der Waals surface area contributed by atoms with Crippen molar-refractivity contribution in [1.82, 2.24) is 4.48 Å². The topological polar surface area (TPSA) is 74.5 Å². The average Bonchev–Trinajstić information content (AvgIpc) is 3.35. The van der Waals surface area contributed by atoms with E-state index in [1.165, 1.54) is 4.88 Å². The minimum Gasteiger partial charge on any atom is -0.462 e. The van der Waals surface area contributed by atoms with Crippen molar-refractivity contribution in [2.45, 2.75) is 13.5 Å². The average molecular weight is 377 g/mol. The van der Waals surface area contributed by atoms with Crippen molar-refractivity contribution in [1.29, 1.82) is 5.26 Å². The third kappa shape index (κ3) is 2.76. The van der Waals surface area contributed by atoms with E-state index in [-0.39, 0.29) is 11.1 Å². The molecule has 1 atom stereocenters. The highest BCUT2D eigenvalue weighted by Crippen LogP contribution is 2.44. The first-order valence-electron chi connectivity index (χ1n) is 8.55. The van der Waals surface area contributed by atoms with E-state index in [4.69, 9.17) is 4.74 Å². The second-order valence-corrected chi connectivity index (χ2v) is 7.06. The van der Waals surface area contributed by atoms with Crippen molar-refractivity contribution < 1.29 is 9.53 Å². The summed E-state index contributed by atoms with van der Waals surface area (Å²) in [6, 6.07) is 9.81. The first-order valence-corrected chi connectivity index (χ1v) is 9.43.